The third-order valence-corrected chi connectivity index (χ3v) is 4.24. The number of hydrogen-bond acceptors (Lipinski definition) is 4. The van der Waals surface area contributed by atoms with Crippen molar-refractivity contribution >= 4 is 17.0 Å². The number of nitrogens with zero attached hydrogens (tertiary/aromatic N) is 2. The molecule has 0 atom stereocenters. The van der Waals surface area contributed by atoms with Gasteiger partial charge in [0.2, 0.25) is 0 Å². The molecule has 5 heteroatoms. The predicted octanol–water partition coefficient (Wildman–Crippen LogP) is 4.50. The average Bonchev–Trinajstić information content (AvgIpc) is 3.02. The number of hydrogen-bond donors (Lipinski definition) is 0. The van der Waals surface area contributed by atoms with Gasteiger partial charge in [-0.15, -0.1) is 11.3 Å². The van der Waals surface area contributed by atoms with Gasteiger partial charge in [-0.3, -0.25) is 0 Å². The Kier molecular flexibility index (Phi) is 4.88. The van der Waals surface area contributed by atoms with E-state index in [2.05, 4.69) is 22.0 Å². The molecular formula is C18H17FN2OS. The minimum Gasteiger partial charge on any atom is -0.486 e. The second-order valence-electron chi connectivity index (χ2n) is 5.17. The average molecular weight is 328 g/mol. The fourth-order valence-electron chi connectivity index (χ4n) is 2.18. The monoisotopic (exact) mass is 328 g/mol. The van der Waals surface area contributed by atoms with E-state index in [9.17, 15) is 4.39 Å². The maximum Gasteiger partial charge on any atom is 0.140 e. The molecule has 1 aromatic heterocycles. The number of para-hydroxylation sites is 1. The zero-order chi connectivity index (χ0) is 16.1. The summed E-state index contributed by atoms with van der Waals surface area (Å²) in [4.78, 5) is 6.74. The van der Waals surface area contributed by atoms with Crippen molar-refractivity contribution in [2.75, 3.05) is 11.9 Å². The summed E-state index contributed by atoms with van der Waals surface area (Å²) in [6, 6.07) is 16.2. The molecule has 0 fully saturated rings. The number of ether oxygens (including phenoxy) is 1. The lowest BCUT2D eigenvalue weighted by molar-refractivity contribution is 0.305. The van der Waals surface area contributed by atoms with Crippen molar-refractivity contribution in [2.24, 2.45) is 0 Å². The Balaban J connectivity index is 1.56. The fourth-order valence-corrected chi connectivity index (χ4v) is 2.88. The minimum atomic E-state index is -0.266. The lowest BCUT2D eigenvalue weighted by Gasteiger charge is -2.17. The Labute approximate surface area is 139 Å². The second kappa shape index (κ2) is 7.24. The molecule has 0 saturated carbocycles. The Morgan fingerprint density at radius 1 is 1.09 bits per heavy atom. The molecule has 0 aliphatic carbocycles. The quantitative estimate of drug-likeness (QED) is 0.666. The van der Waals surface area contributed by atoms with Crippen molar-refractivity contribution in [1.29, 1.82) is 0 Å². The smallest absolute Gasteiger partial charge is 0.140 e. The van der Waals surface area contributed by atoms with Gasteiger partial charge in [-0.1, -0.05) is 18.2 Å². The summed E-state index contributed by atoms with van der Waals surface area (Å²) in [5.41, 5.74) is 2.17. The normalized spacial score (nSPS) is 10.5. The van der Waals surface area contributed by atoms with Crippen LogP contribution < -0.4 is 9.64 Å². The summed E-state index contributed by atoms with van der Waals surface area (Å²) in [5.74, 6) is 0.377. The van der Waals surface area contributed by atoms with Crippen molar-refractivity contribution < 1.29 is 9.13 Å². The van der Waals surface area contributed by atoms with E-state index in [1.165, 1.54) is 12.1 Å². The third kappa shape index (κ3) is 4.29. The maximum atomic E-state index is 12.8. The molecule has 0 aliphatic heterocycles. The van der Waals surface area contributed by atoms with E-state index < -0.39 is 0 Å². The first kappa shape index (κ1) is 15.5. The zero-order valence-corrected chi connectivity index (χ0v) is 13.6. The van der Waals surface area contributed by atoms with Gasteiger partial charge in [-0.05, 0) is 36.4 Å². The molecule has 3 aromatic rings. The molecule has 1 heterocycles. The molecule has 0 spiro atoms. The molecule has 0 N–H and O–H groups in total. The highest BCUT2D eigenvalue weighted by molar-refractivity contribution is 7.09. The number of halogens is 1. The molecule has 0 radical (unpaired) electrons. The highest BCUT2D eigenvalue weighted by Crippen LogP contribution is 2.18. The first-order chi connectivity index (χ1) is 11.2. The van der Waals surface area contributed by atoms with Crippen LogP contribution in [0.5, 0.6) is 5.75 Å². The van der Waals surface area contributed by atoms with Crippen LogP contribution >= 0.6 is 11.3 Å². The zero-order valence-electron chi connectivity index (χ0n) is 12.8. The van der Waals surface area contributed by atoms with Crippen LogP contribution in [0.1, 0.15) is 10.7 Å². The topological polar surface area (TPSA) is 25.4 Å². The van der Waals surface area contributed by atoms with Gasteiger partial charge in [0.1, 0.15) is 23.2 Å². The van der Waals surface area contributed by atoms with Crippen LogP contribution in [0.3, 0.4) is 0 Å². The molecule has 118 valence electrons. The van der Waals surface area contributed by atoms with E-state index in [-0.39, 0.29) is 5.82 Å². The van der Waals surface area contributed by atoms with Crippen molar-refractivity contribution in [3.63, 3.8) is 0 Å². The molecule has 0 aliphatic rings. The van der Waals surface area contributed by atoms with Crippen LogP contribution in [0.25, 0.3) is 0 Å². The van der Waals surface area contributed by atoms with Crippen LogP contribution in [-0.4, -0.2) is 12.0 Å². The van der Waals surface area contributed by atoms with Crippen molar-refractivity contribution in [2.45, 2.75) is 13.2 Å². The number of thiazole rings is 1. The maximum absolute atomic E-state index is 12.8. The predicted molar refractivity (Wildman–Crippen MR) is 91.4 cm³/mol. The van der Waals surface area contributed by atoms with Gasteiger partial charge in [-0.2, -0.15) is 0 Å². The van der Waals surface area contributed by atoms with Crippen LogP contribution in [0.15, 0.2) is 60.0 Å². The van der Waals surface area contributed by atoms with Gasteiger partial charge in [0.25, 0.3) is 0 Å². The van der Waals surface area contributed by atoms with E-state index in [0.717, 1.165) is 22.9 Å². The van der Waals surface area contributed by atoms with Gasteiger partial charge >= 0.3 is 0 Å². The first-order valence-corrected chi connectivity index (χ1v) is 8.16. The van der Waals surface area contributed by atoms with E-state index in [4.69, 9.17) is 4.74 Å². The second-order valence-corrected chi connectivity index (χ2v) is 6.11. The Hall–Kier alpha value is -2.40. The molecule has 3 nitrogen and oxygen atoms in total. The molecule has 0 unspecified atom stereocenters. The summed E-state index contributed by atoms with van der Waals surface area (Å²) in [5, 5.41) is 2.95. The lowest BCUT2D eigenvalue weighted by atomic mass is 10.3. The molecule has 0 amide bonds. The lowest BCUT2D eigenvalue weighted by Crippen LogP contribution is -2.16. The number of anilines is 1. The van der Waals surface area contributed by atoms with E-state index >= 15 is 0 Å². The van der Waals surface area contributed by atoms with Crippen LogP contribution in [0.2, 0.25) is 0 Å². The number of benzene rings is 2. The molecule has 23 heavy (non-hydrogen) atoms. The third-order valence-electron chi connectivity index (χ3n) is 3.37. The molecule has 0 saturated heterocycles. The summed E-state index contributed by atoms with van der Waals surface area (Å²) in [6.07, 6.45) is 0. The molecule has 3 rings (SSSR count). The minimum absolute atomic E-state index is 0.266. The molecule has 2 aromatic carbocycles. The number of aromatic nitrogens is 1. The largest absolute Gasteiger partial charge is 0.486 e. The van der Waals surface area contributed by atoms with Gasteiger partial charge in [0, 0.05) is 18.1 Å². The Morgan fingerprint density at radius 2 is 1.83 bits per heavy atom. The van der Waals surface area contributed by atoms with Crippen molar-refractivity contribution in [1.82, 2.24) is 4.98 Å². The highest BCUT2D eigenvalue weighted by Gasteiger charge is 2.07. The number of rotatable bonds is 6. The van der Waals surface area contributed by atoms with Crippen LogP contribution in [-0.2, 0) is 13.2 Å². The molecule has 0 bridgehead atoms. The SMILES string of the molecule is CN(Cc1csc(COc2ccc(F)cc2)n1)c1ccccc1. The van der Waals surface area contributed by atoms with Gasteiger partial charge in [0.05, 0.1) is 12.2 Å². The summed E-state index contributed by atoms with van der Waals surface area (Å²) >= 11 is 1.57. The van der Waals surface area contributed by atoms with E-state index in [1.54, 1.807) is 23.5 Å². The first-order valence-electron chi connectivity index (χ1n) is 7.28. The highest BCUT2D eigenvalue weighted by atomic mass is 32.1. The van der Waals surface area contributed by atoms with Crippen LogP contribution in [0, 0.1) is 5.82 Å². The van der Waals surface area contributed by atoms with Gasteiger partial charge in [0.15, 0.2) is 0 Å². The van der Waals surface area contributed by atoms with Gasteiger partial charge in [-0.25, -0.2) is 9.37 Å². The van der Waals surface area contributed by atoms with Crippen molar-refractivity contribution in [3.05, 3.63) is 76.5 Å². The summed E-state index contributed by atoms with van der Waals surface area (Å²) in [6.45, 7) is 1.14. The van der Waals surface area contributed by atoms with E-state index in [0.29, 0.717) is 12.4 Å². The molecular weight excluding hydrogens is 311 g/mol. The van der Waals surface area contributed by atoms with Gasteiger partial charge < -0.3 is 9.64 Å². The fraction of sp³-hybridized carbons (Fsp3) is 0.167. The van der Waals surface area contributed by atoms with E-state index in [1.807, 2.05) is 30.6 Å². The Morgan fingerprint density at radius 3 is 2.57 bits per heavy atom. The van der Waals surface area contributed by atoms with Crippen molar-refractivity contribution in [3.8, 4) is 5.75 Å². The summed E-state index contributed by atoms with van der Waals surface area (Å²) in [7, 11) is 2.05. The van der Waals surface area contributed by atoms with Crippen LogP contribution in [0.4, 0.5) is 10.1 Å². The Bertz CT molecular complexity index is 743. The standard InChI is InChI=1S/C18H17FN2OS/c1-21(16-5-3-2-4-6-16)11-15-13-23-18(20-15)12-22-17-9-7-14(19)8-10-17/h2-10,13H,11-12H2,1H3. The summed E-state index contributed by atoms with van der Waals surface area (Å²) < 4.78 is 18.5.